The minimum atomic E-state index is 0.506. The van der Waals surface area contributed by atoms with E-state index in [1.54, 1.807) is 0 Å². The average Bonchev–Trinajstić information content (AvgIpc) is 1.64. The summed E-state index contributed by atoms with van der Waals surface area (Å²) in [6.07, 6.45) is 12.5. The SMILES string of the molecule is c1ccc(-n2c3ccccc3c3cccc(-c4cccc(N(c5ccccc5-c5ccc6c(c5)oc5c(-c7ccc(-n8c9ccccc9c9c(-c%10cccc(N(c%11ccccc%11-c%11ccc%12c(c%11)oc%11ccccc%11%12)c%11ccccc%11-c%11cccc%12cccc(C%13CCCCC%13)c%11%12)c%10)cccc98)cc7)cccc56)c5ccccc5-c5cccc6cccc(C7CCCCC7)c56)c4)c32)cc1. The highest BCUT2D eigenvalue weighted by molar-refractivity contribution is 6.18. The van der Waals surface area contributed by atoms with E-state index in [0.29, 0.717) is 11.8 Å². The van der Waals surface area contributed by atoms with Gasteiger partial charge in [-0.15, -0.1) is 0 Å². The normalized spacial score (nSPS) is 13.5. The van der Waals surface area contributed by atoms with Crippen LogP contribution in [0.5, 0.6) is 0 Å². The van der Waals surface area contributed by atoms with E-state index in [-0.39, 0.29) is 0 Å². The summed E-state index contributed by atoms with van der Waals surface area (Å²) in [5, 5.41) is 14.5. The van der Waals surface area contributed by atoms with Gasteiger partial charge in [-0.2, -0.15) is 0 Å². The van der Waals surface area contributed by atoms with Crippen molar-refractivity contribution >= 4 is 143 Å². The highest BCUT2D eigenvalue weighted by atomic mass is 16.3. The van der Waals surface area contributed by atoms with Gasteiger partial charge in [-0.3, -0.25) is 0 Å². The Hall–Kier alpha value is -16.3. The van der Waals surface area contributed by atoms with Crippen LogP contribution in [0, 0.1) is 0 Å². The molecule has 0 atom stereocenters. The van der Waals surface area contributed by atoms with Gasteiger partial charge in [0.25, 0.3) is 0 Å². The molecule has 0 unspecified atom stereocenters. The van der Waals surface area contributed by atoms with Crippen LogP contribution >= 0.6 is 0 Å². The second kappa shape index (κ2) is 33.0. The monoisotopic (exact) mass is 1720 g/mol. The third kappa shape index (κ3) is 13.3. The fourth-order valence-corrected chi connectivity index (χ4v) is 23.3. The summed E-state index contributed by atoms with van der Waals surface area (Å²) in [6.45, 7) is 0. The van der Waals surface area contributed by atoms with E-state index in [4.69, 9.17) is 8.83 Å². The van der Waals surface area contributed by atoms with Crippen LogP contribution in [0.25, 0.3) is 198 Å². The highest BCUT2D eigenvalue weighted by Crippen LogP contribution is 2.54. The van der Waals surface area contributed by atoms with Crippen molar-refractivity contribution in [3.63, 3.8) is 0 Å². The van der Waals surface area contributed by atoms with Crippen LogP contribution in [-0.2, 0) is 0 Å². The Balaban J connectivity index is 0.578. The van der Waals surface area contributed by atoms with E-state index < -0.39 is 0 Å². The standard InChI is InChI=1S/C128H94N4O2/c1-4-33-83(34-5-1)98-54-26-37-86-39-28-59-109(124(86)98)103-49-12-19-65-116(103)130(114-63-17-10-47-96(114)90-73-77-107-106-52-16-23-70-121(106)133-122(107)81-90)94-45-24-41-88(79-94)100-56-32-69-120-126(100)113-53-15-22-68-119(113)129(120)93-75-71-85(72-76-93)102-58-31-62-112-108-78-74-91(82-123(108)134-128(102)112)97-48-11-18-64-115(97)131(117-66-20-13-50-104(117)110-60-29-40-87-38-27-55-99(125(87)110)84-35-6-2-7-36-84)95-46-25-42-89(80-95)101-57-30-61-111-105-51-14-21-67-118(105)132(127(101)111)92-43-8-3-9-44-92/h3,8-32,37-84H,1-2,4-7,33-36H2. The predicted molar refractivity (Wildman–Crippen MR) is 564 cm³/mol. The van der Waals surface area contributed by atoms with Crippen molar-refractivity contribution in [2.45, 2.75) is 76.0 Å². The van der Waals surface area contributed by atoms with Crippen LogP contribution < -0.4 is 9.80 Å². The Morgan fingerprint density at radius 3 is 1.22 bits per heavy atom. The van der Waals surface area contributed by atoms with E-state index >= 15 is 0 Å². The molecule has 0 saturated heterocycles. The summed E-state index contributed by atoms with van der Waals surface area (Å²) in [7, 11) is 0. The van der Waals surface area contributed by atoms with Gasteiger partial charge in [-0.05, 0) is 236 Å². The molecule has 2 aliphatic carbocycles. The average molecular weight is 1720 g/mol. The Labute approximate surface area is 778 Å². The van der Waals surface area contributed by atoms with Gasteiger partial charge < -0.3 is 27.8 Å². The Bertz CT molecular complexity index is 8740. The Kier molecular flexibility index (Phi) is 19.4. The molecule has 24 aromatic rings. The smallest absolute Gasteiger partial charge is 0.143 e. The second-order valence-electron chi connectivity index (χ2n) is 36.8. The number of benzene rings is 20. The first-order valence-electron chi connectivity index (χ1n) is 47.8. The summed E-state index contributed by atoms with van der Waals surface area (Å²) >= 11 is 0. The zero-order valence-electron chi connectivity index (χ0n) is 74.4. The zero-order chi connectivity index (χ0) is 88.3. The van der Waals surface area contributed by atoms with Gasteiger partial charge in [0, 0.05) is 99.2 Å². The van der Waals surface area contributed by atoms with Crippen LogP contribution in [0.15, 0.2) is 446 Å². The van der Waals surface area contributed by atoms with Crippen LogP contribution in [0.4, 0.5) is 34.1 Å². The first-order valence-corrected chi connectivity index (χ1v) is 47.8. The summed E-state index contributed by atoms with van der Waals surface area (Å²) in [5.41, 5.74) is 35.4. The number of anilines is 6. The number of furan rings is 2. The molecule has 2 fully saturated rings. The molecule has 0 spiro atoms. The fraction of sp³-hybridized carbons (Fsp3) is 0.0938. The molecule has 0 amide bonds. The van der Waals surface area contributed by atoms with Crippen LogP contribution in [0.3, 0.4) is 0 Å². The highest BCUT2D eigenvalue weighted by Gasteiger charge is 2.31. The van der Waals surface area contributed by atoms with Gasteiger partial charge in [-0.25, -0.2) is 0 Å². The van der Waals surface area contributed by atoms with Gasteiger partial charge in [0.1, 0.15) is 22.3 Å². The molecule has 4 heterocycles. The van der Waals surface area contributed by atoms with Crippen molar-refractivity contribution in [1.29, 1.82) is 0 Å². The molecule has 2 aliphatic rings. The predicted octanol–water partition coefficient (Wildman–Crippen LogP) is 36.7. The molecule has 0 radical (unpaired) electrons. The summed E-state index contributed by atoms with van der Waals surface area (Å²) < 4.78 is 18.9. The van der Waals surface area contributed by atoms with Gasteiger partial charge in [-0.1, -0.05) is 354 Å². The molecule has 134 heavy (non-hydrogen) atoms. The van der Waals surface area contributed by atoms with Gasteiger partial charge in [0.15, 0.2) is 0 Å². The van der Waals surface area contributed by atoms with Crippen LogP contribution in [0.1, 0.15) is 87.2 Å². The summed E-state index contributed by atoms with van der Waals surface area (Å²) in [6, 6.07) is 163. The van der Waals surface area contributed by atoms with Crippen LogP contribution in [-0.4, -0.2) is 9.13 Å². The largest absolute Gasteiger partial charge is 0.456 e. The van der Waals surface area contributed by atoms with Crippen molar-refractivity contribution in [3.8, 4) is 89.3 Å². The molecule has 2 saturated carbocycles. The molecule has 0 N–H and O–H groups in total. The van der Waals surface area contributed by atoms with E-state index in [1.165, 1.54) is 152 Å². The molecule has 20 aromatic carbocycles. The number of aromatic nitrogens is 2. The maximum absolute atomic E-state index is 7.35. The lowest BCUT2D eigenvalue weighted by molar-refractivity contribution is 0.445. The van der Waals surface area contributed by atoms with Crippen molar-refractivity contribution in [2.75, 3.05) is 9.80 Å². The van der Waals surface area contributed by atoms with Crippen LogP contribution in [0.2, 0.25) is 0 Å². The van der Waals surface area contributed by atoms with E-state index in [9.17, 15) is 0 Å². The number of rotatable bonds is 17. The second-order valence-corrected chi connectivity index (χ2v) is 36.8. The van der Waals surface area contributed by atoms with E-state index in [1.807, 2.05) is 0 Å². The number of para-hydroxylation sites is 10. The lowest BCUT2D eigenvalue weighted by Crippen LogP contribution is -2.13. The maximum Gasteiger partial charge on any atom is 0.143 e. The first kappa shape index (κ1) is 78.7. The van der Waals surface area contributed by atoms with Gasteiger partial charge in [0.05, 0.1) is 44.8 Å². The topological polar surface area (TPSA) is 42.6 Å². The molecule has 6 nitrogen and oxygen atoms in total. The molecule has 4 aromatic heterocycles. The van der Waals surface area contributed by atoms with Crippen molar-refractivity contribution in [3.05, 3.63) is 448 Å². The zero-order valence-corrected chi connectivity index (χ0v) is 74.4. The van der Waals surface area contributed by atoms with Gasteiger partial charge >= 0.3 is 0 Å². The van der Waals surface area contributed by atoms with Crippen molar-refractivity contribution in [2.24, 2.45) is 0 Å². The molecule has 26 rings (SSSR count). The molecule has 0 aliphatic heterocycles. The molecule has 6 heteroatoms. The van der Waals surface area contributed by atoms with E-state index in [2.05, 4.69) is 456 Å². The van der Waals surface area contributed by atoms with E-state index in [0.717, 1.165) is 156 Å². The fourth-order valence-electron chi connectivity index (χ4n) is 23.3. The molecular formula is C128H94N4O2. The number of hydrogen-bond donors (Lipinski definition) is 0. The summed E-state index contributed by atoms with van der Waals surface area (Å²) in [5.74, 6) is 1.02. The number of fused-ring (bicyclic) bond motifs is 14. The number of nitrogens with zero attached hydrogens (tertiary/aromatic N) is 4. The molecular weight excluding hydrogens is 1630 g/mol. The maximum atomic E-state index is 7.35. The number of hydrogen-bond acceptors (Lipinski definition) is 4. The lowest BCUT2D eigenvalue weighted by atomic mass is 9.80. The quantitative estimate of drug-likeness (QED) is 0.0911. The van der Waals surface area contributed by atoms with Crippen molar-refractivity contribution in [1.82, 2.24) is 9.13 Å². The first-order chi connectivity index (χ1) is 66.5. The minimum absolute atomic E-state index is 0.506. The Morgan fingerprint density at radius 2 is 0.612 bits per heavy atom. The minimum Gasteiger partial charge on any atom is -0.456 e. The third-order valence-electron chi connectivity index (χ3n) is 29.3. The lowest BCUT2D eigenvalue weighted by Gasteiger charge is -2.31. The van der Waals surface area contributed by atoms with Gasteiger partial charge in [0.2, 0.25) is 0 Å². The molecule has 0 bridgehead atoms. The molecule has 638 valence electrons. The Morgan fingerprint density at radius 1 is 0.216 bits per heavy atom. The summed E-state index contributed by atoms with van der Waals surface area (Å²) in [4.78, 5) is 5.06. The third-order valence-corrected chi connectivity index (χ3v) is 29.3. The van der Waals surface area contributed by atoms with Crippen molar-refractivity contribution < 1.29 is 8.83 Å².